The number of rotatable bonds is 2. The van der Waals surface area contributed by atoms with Gasteiger partial charge in [-0.25, -0.2) is 0 Å². The van der Waals surface area contributed by atoms with Crippen molar-refractivity contribution in [1.82, 2.24) is 0 Å². The van der Waals surface area contributed by atoms with E-state index in [0.717, 1.165) is 6.42 Å². The average Bonchev–Trinajstić information content (AvgIpc) is 2.78. The van der Waals surface area contributed by atoms with Crippen molar-refractivity contribution in [3.8, 4) is 0 Å². The number of hydrogen-bond acceptors (Lipinski definition) is 1. The second-order valence-electron chi connectivity index (χ2n) is 2.77. The Balaban J connectivity index is 0.000000165. The summed E-state index contributed by atoms with van der Waals surface area (Å²) < 4.78 is 0. The number of benzene rings is 1. The summed E-state index contributed by atoms with van der Waals surface area (Å²) in [6.07, 6.45) is 2.89. The Labute approximate surface area is 89.5 Å². The lowest BCUT2D eigenvalue weighted by Crippen LogP contribution is -1.75. The molecule has 14 heavy (non-hydrogen) atoms. The molecule has 0 amide bonds. The molecule has 0 fully saturated rings. The topological polar surface area (TPSA) is 0 Å². The Kier molecular flexibility index (Phi) is 5.45. The second-order valence-corrected chi connectivity index (χ2v) is 3.59. The zero-order valence-corrected chi connectivity index (χ0v) is 8.91. The highest BCUT2D eigenvalue weighted by molar-refractivity contribution is 7.07. The molecule has 0 bridgehead atoms. The molecule has 2 aromatic rings. The van der Waals surface area contributed by atoms with Gasteiger partial charge in [0.2, 0.25) is 0 Å². The van der Waals surface area contributed by atoms with Crippen LogP contribution in [0.2, 0.25) is 0 Å². The van der Waals surface area contributed by atoms with Crippen molar-refractivity contribution in [2.75, 3.05) is 0 Å². The van der Waals surface area contributed by atoms with Crippen LogP contribution in [0.5, 0.6) is 0 Å². The standard InChI is InChI=1S/C9H10.C4H4S/c1-2-6-9-7-4-3-5-8-9;1-2-4-5-3-1/h2-5,7-8H,1,6H2;1-4H. The lowest BCUT2D eigenvalue weighted by molar-refractivity contribution is 1.28. The Bertz CT molecular complexity index is 304. The molecule has 2 rings (SSSR count). The quantitative estimate of drug-likeness (QED) is 0.641. The van der Waals surface area contributed by atoms with Crippen molar-refractivity contribution in [1.29, 1.82) is 0 Å². The molecule has 0 N–H and O–H groups in total. The third-order valence-corrected chi connectivity index (χ3v) is 2.28. The Morgan fingerprint density at radius 1 is 1.00 bits per heavy atom. The predicted molar refractivity (Wildman–Crippen MR) is 64.7 cm³/mol. The summed E-state index contributed by atoms with van der Waals surface area (Å²) in [5.41, 5.74) is 1.33. The molecule has 0 aliphatic carbocycles. The van der Waals surface area contributed by atoms with Gasteiger partial charge in [0.1, 0.15) is 0 Å². The van der Waals surface area contributed by atoms with Gasteiger partial charge >= 0.3 is 0 Å². The van der Waals surface area contributed by atoms with E-state index in [1.807, 2.05) is 47.2 Å². The third-order valence-electron chi connectivity index (χ3n) is 1.65. The monoisotopic (exact) mass is 202 g/mol. The summed E-state index contributed by atoms with van der Waals surface area (Å²) in [5, 5.41) is 4.08. The first-order valence-electron chi connectivity index (χ1n) is 4.55. The van der Waals surface area contributed by atoms with Crippen LogP contribution in [0.25, 0.3) is 0 Å². The highest BCUT2D eigenvalue weighted by atomic mass is 32.1. The number of allylic oxidation sites excluding steroid dienone is 1. The first-order chi connectivity index (χ1) is 6.93. The number of hydrogen-bond donors (Lipinski definition) is 0. The molecule has 0 radical (unpaired) electrons. The summed E-state index contributed by atoms with van der Waals surface area (Å²) >= 11 is 1.71. The molecule has 0 unspecified atom stereocenters. The van der Waals surface area contributed by atoms with Gasteiger partial charge in [-0.2, -0.15) is 11.3 Å². The van der Waals surface area contributed by atoms with Crippen LogP contribution in [0.1, 0.15) is 5.56 Å². The lowest BCUT2D eigenvalue weighted by Gasteiger charge is -1.91. The largest absolute Gasteiger partial charge is 0.152 e. The van der Waals surface area contributed by atoms with E-state index in [0.29, 0.717) is 0 Å². The molecule has 0 saturated heterocycles. The molecular weight excluding hydrogens is 188 g/mol. The van der Waals surface area contributed by atoms with Gasteiger partial charge in [-0.3, -0.25) is 0 Å². The van der Waals surface area contributed by atoms with Gasteiger partial charge < -0.3 is 0 Å². The molecule has 72 valence electrons. The van der Waals surface area contributed by atoms with Crippen molar-refractivity contribution < 1.29 is 0 Å². The minimum atomic E-state index is 0.973. The fraction of sp³-hybridized carbons (Fsp3) is 0.0769. The van der Waals surface area contributed by atoms with Gasteiger partial charge in [-0.05, 0) is 22.7 Å². The average molecular weight is 202 g/mol. The van der Waals surface area contributed by atoms with Crippen LogP contribution >= 0.6 is 11.3 Å². The zero-order valence-electron chi connectivity index (χ0n) is 8.10. The van der Waals surface area contributed by atoms with Crippen molar-refractivity contribution >= 4 is 11.3 Å². The molecule has 0 saturated carbocycles. The third kappa shape index (κ3) is 4.63. The van der Waals surface area contributed by atoms with Crippen LogP contribution in [0.15, 0.2) is 65.9 Å². The summed E-state index contributed by atoms with van der Waals surface area (Å²) in [7, 11) is 0. The zero-order chi connectivity index (χ0) is 10.1. The maximum absolute atomic E-state index is 3.66. The molecular formula is C13H14S. The van der Waals surface area contributed by atoms with Gasteiger partial charge in [-0.15, -0.1) is 6.58 Å². The number of thiophene rings is 1. The minimum Gasteiger partial charge on any atom is -0.152 e. The molecule has 0 atom stereocenters. The fourth-order valence-corrected chi connectivity index (χ4v) is 1.46. The van der Waals surface area contributed by atoms with Crippen LogP contribution in [0.4, 0.5) is 0 Å². The van der Waals surface area contributed by atoms with Gasteiger partial charge in [0, 0.05) is 0 Å². The lowest BCUT2D eigenvalue weighted by atomic mass is 10.2. The van der Waals surface area contributed by atoms with Crippen LogP contribution in [0.3, 0.4) is 0 Å². The van der Waals surface area contributed by atoms with Crippen molar-refractivity contribution in [2.45, 2.75) is 6.42 Å². The van der Waals surface area contributed by atoms with Crippen LogP contribution < -0.4 is 0 Å². The van der Waals surface area contributed by atoms with Gasteiger partial charge in [0.15, 0.2) is 0 Å². The fourth-order valence-electron chi connectivity index (χ4n) is 1.01. The van der Waals surface area contributed by atoms with E-state index in [9.17, 15) is 0 Å². The maximum atomic E-state index is 3.66. The van der Waals surface area contributed by atoms with Crippen LogP contribution in [-0.2, 0) is 6.42 Å². The molecule has 1 aromatic heterocycles. The first kappa shape index (κ1) is 10.7. The van der Waals surface area contributed by atoms with Crippen molar-refractivity contribution in [3.05, 3.63) is 71.4 Å². The van der Waals surface area contributed by atoms with E-state index in [1.54, 1.807) is 11.3 Å². The minimum absolute atomic E-state index is 0.973. The molecule has 0 aliphatic heterocycles. The molecule has 1 heteroatoms. The van der Waals surface area contributed by atoms with Gasteiger partial charge in [0.05, 0.1) is 0 Å². The summed E-state index contributed by atoms with van der Waals surface area (Å²) in [6, 6.07) is 14.3. The van der Waals surface area contributed by atoms with Crippen LogP contribution in [-0.4, -0.2) is 0 Å². The van der Waals surface area contributed by atoms with Gasteiger partial charge in [0.25, 0.3) is 0 Å². The highest BCUT2D eigenvalue weighted by Crippen LogP contribution is 1.98. The molecule has 1 aromatic carbocycles. The summed E-state index contributed by atoms with van der Waals surface area (Å²) in [6.45, 7) is 3.66. The Hall–Kier alpha value is -1.34. The van der Waals surface area contributed by atoms with Crippen LogP contribution in [0, 0.1) is 0 Å². The van der Waals surface area contributed by atoms with E-state index < -0.39 is 0 Å². The van der Waals surface area contributed by atoms with Crippen molar-refractivity contribution in [3.63, 3.8) is 0 Å². The van der Waals surface area contributed by atoms with E-state index >= 15 is 0 Å². The van der Waals surface area contributed by atoms with Gasteiger partial charge in [-0.1, -0.05) is 48.5 Å². The van der Waals surface area contributed by atoms with E-state index in [-0.39, 0.29) is 0 Å². The smallest absolute Gasteiger partial charge is 0.00934 e. The maximum Gasteiger partial charge on any atom is -0.00934 e. The molecule has 0 spiro atoms. The predicted octanol–water partition coefficient (Wildman–Crippen LogP) is 4.16. The molecule has 1 heterocycles. The Morgan fingerprint density at radius 2 is 1.64 bits per heavy atom. The van der Waals surface area contributed by atoms with Crippen molar-refractivity contribution in [2.24, 2.45) is 0 Å². The van der Waals surface area contributed by atoms with E-state index in [1.165, 1.54) is 5.56 Å². The molecule has 0 nitrogen and oxygen atoms in total. The highest BCUT2D eigenvalue weighted by Gasteiger charge is 1.82. The summed E-state index contributed by atoms with van der Waals surface area (Å²) in [4.78, 5) is 0. The molecule has 0 aliphatic rings. The summed E-state index contributed by atoms with van der Waals surface area (Å²) in [5.74, 6) is 0. The van der Waals surface area contributed by atoms with E-state index in [2.05, 4.69) is 18.7 Å². The Morgan fingerprint density at radius 3 is 2.07 bits per heavy atom. The normalized spacial score (nSPS) is 8.57. The van der Waals surface area contributed by atoms with E-state index in [4.69, 9.17) is 0 Å². The first-order valence-corrected chi connectivity index (χ1v) is 5.49. The SMILES string of the molecule is C=CCc1ccccc1.c1ccsc1. The second kappa shape index (κ2) is 7.10.